The first-order chi connectivity index (χ1) is 9.97. The van der Waals surface area contributed by atoms with E-state index in [1.165, 1.54) is 24.3 Å². The predicted octanol–water partition coefficient (Wildman–Crippen LogP) is 1.15. The number of carbonyl (C=O) groups is 3. The second-order valence-corrected chi connectivity index (χ2v) is 4.19. The van der Waals surface area contributed by atoms with Gasteiger partial charge in [0.25, 0.3) is 11.8 Å². The number of hydrogen-bond donors (Lipinski definition) is 0. The minimum absolute atomic E-state index is 0.0116. The number of nitrogens with zero attached hydrogens (tertiary/aromatic N) is 2. The third-order valence-corrected chi connectivity index (χ3v) is 2.69. The van der Waals surface area contributed by atoms with Crippen LogP contribution < -0.4 is 0 Å². The van der Waals surface area contributed by atoms with E-state index in [-0.39, 0.29) is 18.4 Å². The van der Waals surface area contributed by atoms with Gasteiger partial charge in [-0.2, -0.15) is 0 Å². The zero-order chi connectivity index (χ0) is 15.4. The normalized spacial score (nSPS) is 14.8. The molecule has 0 bridgehead atoms. The molecule has 1 aliphatic heterocycles. The van der Waals surface area contributed by atoms with E-state index in [4.69, 9.17) is 4.84 Å². The molecule has 0 N–H and O–H groups in total. The zero-order valence-corrected chi connectivity index (χ0v) is 10.7. The van der Waals surface area contributed by atoms with Crippen LogP contribution >= 0.6 is 0 Å². The zero-order valence-electron chi connectivity index (χ0n) is 10.7. The van der Waals surface area contributed by atoms with E-state index in [1.807, 2.05) is 0 Å². The molecule has 0 spiro atoms. The van der Waals surface area contributed by atoms with Crippen LogP contribution in [0.5, 0.6) is 0 Å². The monoisotopic (exact) mass is 290 g/mol. The van der Waals surface area contributed by atoms with Crippen LogP contribution in [0.4, 0.5) is 0 Å². The SMILES string of the molecule is O=C(ON1C(=O)CCC1=O)c1cccc(C=C[N+](=O)[O-])c1. The van der Waals surface area contributed by atoms with Crippen molar-refractivity contribution in [3.05, 3.63) is 51.7 Å². The van der Waals surface area contributed by atoms with Crippen molar-refractivity contribution in [2.75, 3.05) is 0 Å². The Balaban J connectivity index is 2.12. The van der Waals surface area contributed by atoms with Crippen molar-refractivity contribution in [3.8, 4) is 0 Å². The molecule has 1 saturated heterocycles. The van der Waals surface area contributed by atoms with Crippen LogP contribution in [0.25, 0.3) is 6.08 Å². The van der Waals surface area contributed by atoms with E-state index < -0.39 is 22.7 Å². The largest absolute Gasteiger partial charge is 0.363 e. The Labute approximate surface area is 118 Å². The Morgan fingerprint density at radius 2 is 1.95 bits per heavy atom. The standard InChI is InChI=1S/C13H10N2O6/c16-11-4-5-12(17)15(11)21-13(18)10-3-1-2-9(8-10)6-7-14(19)20/h1-3,6-8H,4-5H2. The van der Waals surface area contributed by atoms with Crippen molar-refractivity contribution in [2.45, 2.75) is 12.8 Å². The lowest BCUT2D eigenvalue weighted by molar-refractivity contribution is -0.400. The fraction of sp³-hybridized carbons (Fsp3) is 0.154. The Hall–Kier alpha value is -3.03. The number of imide groups is 1. The van der Waals surface area contributed by atoms with Crippen LogP contribution in [0.3, 0.4) is 0 Å². The average Bonchev–Trinajstić information content (AvgIpc) is 2.77. The Bertz CT molecular complexity index is 636. The highest BCUT2D eigenvalue weighted by atomic mass is 16.7. The lowest BCUT2D eigenvalue weighted by Crippen LogP contribution is -2.32. The number of hydrogen-bond acceptors (Lipinski definition) is 6. The van der Waals surface area contributed by atoms with Crippen molar-refractivity contribution in [1.29, 1.82) is 0 Å². The lowest BCUT2D eigenvalue weighted by Gasteiger charge is -2.12. The van der Waals surface area contributed by atoms with Gasteiger partial charge in [-0.3, -0.25) is 19.7 Å². The molecule has 1 aliphatic rings. The van der Waals surface area contributed by atoms with E-state index >= 15 is 0 Å². The van der Waals surface area contributed by atoms with Crippen molar-refractivity contribution in [2.24, 2.45) is 0 Å². The molecule has 0 radical (unpaired) electrons. The summed E-state index contributed by atoms with van der Waals surface area (Å²) >= 11 is 0. The number of rotatable bonds is 4. The van der Waals surface area contributed by atoms with Gasteiger partial charge in [-0.05, 0) is 17.7 Å². The highest BCUT2D eigenvalue weighted by Gasteiger charge is 2.33. The van der Waals surface area contributed by atoms with Crippen molar-refractivity contribution in [1.82, 2.24) is 5.06 Å². The smallest absolute Gasteiger partial charge is 0.325 e. The summed E-state index contributed by atoms with van der Waals surface area (Å²) in [6.07, 6.45) is 1.97. The highest BCUT2D eigenvalue weighted by molar-refractivity contribution is 6.02. The Kier molecular flexibility index (Phi) is 4.07. The third kappa shape index (κ3) is 3.50. The van der Waals surface area contributed by atoms with E-state index in [9.17, 15) is 24.5 Å². The fourth-order valence-corrected chi connectivity index (χ4v) is 1.71. The van der Waals surface area contributed by atoms with Crippen LogP contribution in [-0.2, 0) is 14.4 Å². The van der Waals surface area contributed by atoms with Gasteiger partial charge in [0, 0.05) is 18.9 Å². The number of nitro groups is 1. The molecule has 2 rings (SSSR count). The van der Waals surface area contributed by atoms with Gasteiger partial charge >= 0.3 is 5.97 Å². The molecule has 0 aromatic heterocycles. The van der Waals surface area contributed by atoms with E-state index in [1.54, 1.807) is 6.07 Å². The molecular formula is C13H10N2O6. The van der Waals surface area contributed by atoms with Crippen molar-refractivity contribution >= 4 is 23.9 Å². The van der Waals surface area contributed by atoms with Crippen molar-refractivity contribution in [3.63, 3.8) is 0 Å². The topological polar surface area (TPSA) is 107 Å². The van der Waals surface area contributed by atoms with Gasteiger partial charge in [-0.15, -0.1) is 5.06 Å². The molecule has 8 nitrogen and oxygen atoms in total. The Morgan fingerprint density at radius 3 is 2.57 bits per heavy atom. The second kappa shape index (κ2) is 5.95. The number of amides is 2. The lowest BCUT2D eigenvalue weighted by atomic mass is 10.1. The molecule has 2 amide bonds. The molecule has 1 aromatic carbocycles. The molecule has 8 heteroatoms. The van der Waals surface area contributed by atoms with E-state index in [2.05, 4.69) is 0 Å². The summed E-state index contributed by atoms with van der Waals surface area (Å²) in [5.41, 5.74) is 0.494. The summed E-state index contributed by atoms with van der Waals surface area (Å²) in [6.45, 7) is 0. The second-order valence-electron chi connectivity index (χ2n) is 4.19. The van der Waals surface area contributed by atoms with Gasteiger partial charge in [-0.25, -0.2) is 4.79 Å². The van der Waals surface area contributed by atoms with Crippen LogP contribution in [0.2, 0.25) is 0 Å². The fourth-order valence-electron chi connectivity index (χ4n) is 1.71. The average molecular weight is 290 g/mol. The summed E-state index contributed by atoms with van der Waals surface area (Å²) in [5.74, 6) is -2.02. The molecule has 0 atom stereocenters. The van der Waals surface area contributed by atoms with Crippen LogP contribution in [0.15, 0.2) is 30.5 Å². The summed E-state index contributed by atoms with van der Waals surface area (Å²) in [6, 6.07) is 5.83. The van der Waals surface area contributed by atoms with E-state index in [0.717, 1.165) is 6.20 Å². The minimum Gasteiger partial charge on any atom is -0.325 e. The summed E-state index contributed by atoms with van der Waals surface area (Å²) < 4.78 is 0. The molecular weight excluding hydrogens is 280 g/mol. The number of carbonyl (C=O) groups excluding carboxylic acids is 3. The van der Waals surface area contributed by atoms with Gasteiger partial charge < -0.3 is 4.84 Å². The van der Waals surface area contributed by atoms with Crippen molar-refractivity contribution < 1.29 is 24.1 Å². The summed E-state index contributed by atoms with van der Waals surface area (Å²) in [7, 11) is 0. The molecule has 108 valence electrons. The van der Waals surface area contributed by atoms with Crippen LogP contribution in [-0.4, -0.2) is 27.8 Å². The molecule has 1 heterocycles. The van der Waals surface area contributed by atoms with Crippen LogP contribution in [0.1, 0.15) is 28.8 Å². The summed E-state index contributed by atoms with van der Waals surface area (Å²) in [4.78, 5) is 48.9. The predicted molar refractivity (Wildman–Crippen MR) is 69.0 cm³/mol. The summed E-state index contributed by atoms with van der Waals surface area (Å²) in [5, 5.41) is 10.7. The minimum atomic E-state index is -0.880. The molecule has 0 unspecified atom stereocenters. The number of hydroxylamine groups is 2. The maximum Gasteiger partial charge on any atom is 0.363 e. The maximum absolute atomic E-state index is 11.9. The number of benzene rings is 1. The van der Waals surface area contributed by atoms with Gasteiger partial charge in [0.15, 0.2) is 0 Å². The highest BCUT2D eigenvalue weighted by Crippen LogP contribution is 2.15. The van der Waals surface area contributed by atoms with Crippen LogP contribution in [0, 0.1) is 10.1 Å². The first-order valence-electron chi connectivity index (χ1n) is 5.97. The van der Waals surface area contributed by atoms with Gasteiger partial charge in [0.1, 0.15) is 0 Å². The first kappa shape index (κ1) is 14.4. The first-order valence-corrected chi connectivity index (χ1v) is 5.97. The Morgan fingerprint density at radius 1 is 1.29 bits per heavy atom. The van der Waals surface area contributed by atoms with Gasteiger partial charge in [0.05, 0.1) is 10.5 Å². The quantitative estimate of drug-likeness (QED) is 0.468. The molecule has 1 aromatic rings. The molecule has 21 heavy (non-hydrogen) atoms. The van der Waals surface area contributed by atoms with E-state index in [0.29, 0.717) is 10.6 Å². The third-order valence-electron chi connectivity index (χ3n) is 2.69. The molecule has 0 aliphatic carbocycles. The van der Waals surface area contributed by atoms with Gasteiger partial charge in [-0.1, -0.05) is 12.1 Å². The molecule has 0 saturated carbocycles. The maximum atomic E-state index is 11.9. The van der Waals surface area contributed by atoms with Gasteiger partial charge in [0.2, 0.25) is 6.20 Å². The molecule has 1 fully saturated rings.